The van der Waals surface area contributed by atoms with Crippen LogP contribution < -0.4 is 10.1 Å². The Bertz CT molecular complexity index is 660. The minimum absolute atomic E-state index is 0.469. The fraction of sp³-hybridized carbons (Fsp3) is 0.353. The third-order valence-corrected chi connectivity index (χ3v) is 5.00. The van der Waals surface area contributed by atoms with E-state index in [1.807, 2.05) is 12.1 Å². The Morgan fingerprint density at radius 3 is 3.00 bits per heavy atom. The van der Waals surface area contributed by atoms with Crippen molar-refractivity contribution in [2.24, 2.45) is 0 Å². The van der Waals surface area contributed by atoms with E-state index in [1.54, 1.807) is 18.4 Å². The van der Waals surface area contributed by atoms with Crippen molar-refractivity contribution in [1.82, 2.24) is 5.32 Å². The van der Waals surface area contributed by atoms with Crippen LogP contribution in [0.3, 0.4) is 0 Å². The van der Waals surface area contributed by atoms with Crippen LogP contribution in [0, 0.1) is 11.3 Å². The maximum atomic E-state index is 9.68. The van der Waals surface area contributed by atoms with Gasteiger partial charge in [-0.05, 0) is 47.5 Å². The Hall–Kier alpha value is -1.83. The summed E-state index contributed by atoms with van der Waals surface area (Å²) >= 11 is 1.72. The molecule has 0 aliphatic heterocycles. The van der Waals surface area contributed by atoms with Gasteiger partial charge in [0.05, 0.1) is 13.2 Å². The molecule has 1 N–H and O–H groups in total. The molecular formula is C17H18N2OS. The highest BCUT2D eigenvalue weighted by molar-refractivity contribution is 7.09. The number of hydrogen-bond acceptors (Lipinski definition) is 4. The molecule has 1 atom stereocenters. The number of fused-ring (bicyclic) bond motifs is 1. The van der Waals surface area contributed by atoms with Crippen molar-refractivity contribution >= 4 is 11.3 Å². The molecule has 4 heteroatoms. The van der Waals surface area contributed by atoms with Crippen LogP contribution in [0.1, 0.15) is 22.4 Å². The van der Waals surface area contributed by atoms with Gasteiger partial charge in [-0.25, -0.2) is 0 Å². The maximum Gasteiger partial charge on any atom is 0.119 e. The zero-order valence-corrected chi connectivity index (χ0v) is 12.9. The molecular weight excluding hydrogens is 280 g/mol. The van der Waals surface area contributed by atoms with Crippen molar-refractivity contribution < 1.29 is 4.74 Å². The van der Waals surface area contributed by atoms with E-state index in [9.17, 15) is 5.26 Å². The molecule has 1 aliphatic rings. The van der Waals surface area contributed by atoms with Crippen LogP contribution in [-0.2, 0) is 19.4 Å². The topological polar surface area (TPSA) is 45.0 Å². The summed E-state index contributed by atoms with van der Waals surface area (Å²) in [6.07, 6.45) is 2.53. The summed E-state index contributed by atoms with van der Waals surface area (Å²) in [7, 11) is 1.68. The van der Waals surface area contributed by atoms with Gasteiger partial charge in [0.15, 0.2) is 0 Å². The molecule has 0 spiro atoms. The number of ether oxygens (including phenoxy) is 1. The molecule has 3 nitrogen and oxygen atoms in total. The van der Waals surface area contributed by atoms with E-state index in [-0.39, 0.29) is 0 Å². The Morgan fingerprint density at radius 2 is 2.29 bits per heavy atom. The van der Waals surface area contributed by atoms with Crippen LogP contribution in [0.2, 0.25) is 0 Å². The van der Waals surface area contributed by atoms with Crippen molar-refractivity contribution in [2.75, 3.05) is 7.11 Å². The first-order chi connectivity index (χ1) is 10.2. The molecule has 1 heterocycles. The normalized spacial score (nSPS) is 20.6. The number of nitrogens with one attached hydrogen (secondary N) is 1. The highest BCUT2D eigenvalue weighted by atomic mass is 32.1. The molecule has 0 fully saturated rings. The predicted octanol–water partition coefficient (Wildman–Crippen LogP) is 3.30. The van der Waals surface area contributed by atoms with Gasteiger partial charge in [-0.1, -0.05) is 12.1 Å². The number of nitriles is 1. The van der Waals surface area contributed by atoms with E-state index in [0.717, 1.165) is 31.6 Å². The van der Waals surface area contributed by atoms with Crippen molar-refractivity contribution in [2.45, 2.75) is 31.3 Å². The van der Waals surface area contributed by atoms with Crippen LogP contribution in [0.15, 0.2) is 35.7 Å². The minimum Gasteiger partial charge on any atom is -0.497 e. The molecule has 2 aromatic rings. The molecule has 21 heavy (non-hydrogen) atoms. The highest BCUT2D eigenvalue weighted by Crippen LogP contribution is 2.31. The van der Waals surface area contributed by atoms with Gasteiger partial charge in [0.1, 0.15) is 11.3 Å². The fourth-order valence-electron chi connectivity index (χ4n) is 2.85. The Labute approximate surface area is 129 Å². The smallest absolute Gasteiger partial charge is 0.119 e. The summed E-state index contributed by atoms with van der Waals surface area (Å²) in [5.41, 5.74) is 2.09. The quantitative estimate of drug-likeness (QED) is 0.942. The number of rotatable bonds is 4. The molecule has 0 radical (unpaired) electrons. The zero-order valence-electron chi connectivity index (χ0n) is 12.1. The molecule has 1 unspecified atom stereocenters. The molecule has 0 saturated heterocycles. The first-order valence-corrected chi connectivity index (χ1v) is 7.97. The lowest BCUT2D eigenvalue weighted by atomic mass is 9.78. The van der Waals surface area contributed by atoms with Crippen LogP contribution in [0.5, 0.6) is 5.75 Å². The van der Waals surface area contributed by atoms with Crippen LogP contribution in [0.25, 0.3) is 0 Å². The number of aryl methyl sites for hydroxylation is 1. The lowest BCUT2D eigenvalue weighted by molar-refractivity contribution is 0.363. The molecule has 0 amide bonds. The van der Waals surface area contributed by atoms with Crippen LogP contribution >= 0.6 is 11.3 Å². The molecule has 0 bridgehead atoms. The average Bonchev–Trinajstić information content (AvgIpc) is 3.05. The number of thiophene rings is 1. The van der Waals surface area contributed by atoms with Crippen LogP contribution in [0.4, 0.5) is 0 Å². The number of benzene rings is 1. The van der Waals surface area contributed by atoms with Gasteiger partial charge in [0, 0.05) is 17.8 Å². The predicted molar refractivity (Wildman–Crippen MR) is 84.5 cm³/mol. The van der Waals surface area contributed by atoms with Gasteiger partial charge >= 0.3 is 0 Å². The summed E-state index contributed by atoms with van der Waals surface area (Å²) < 4.78 is 5.30. The van der Waals surface area contributed by atoms with E-state index in [2.05, 4.69) is 35.0 Å². The van der Waals surface area contributed by atoms with Gasteiger partial charge in [0.25, 0.3) is 0 Å². The molecule has 1 aromatic carbocycles. The first-order valence-electron chi connectivity index (χ1n) is 7.09. The third kappa shape index (κ3) is 2.94. The summed E-state index contributed by atoms with van der Waals surface area (Å²) in [4.78, 5) is 1.26. The van der Waals surface area contributed by atoms with E-state index in [4.69, 9.17) is 4.74 Å². The average molecular weight is 298 g/mol. The van der Waals surface area contributed by atoms with Crippen LogP contribution in [-0.4, -0.2) is 12.6 Å². The van der Waals surface area contributed by atoms with E-state index in [1.165, 1.54) is 16.0 Å². The Morgan fingerprint density at radius 1 is 1.38 bits per heavy atom. The molecule has 1 aromatic heterocycles. The standard InChI is InChI=1S/C17H18N2OS/c1-20-15-5-4-13-6-7-17(12-18,10-14(13)9-15)19-11-16-3-2-8-21-16/h2-5,8-9,19H,6-7,10-11H2,1H3. The Balaban J connectivity index is 1.79. The van der Waals surface area contributed by atoms with E-state index < -0.39 is 5.54 Å². The second-order valence-electron chi connectivity index (χ2n) is 5.44. The number of hydrogen-bond donors (Lipinski definition) is 1. The summed E-state index contributed by atoms with van der Waals surface area (Å²) in [5.74, 6) is 0.862. The van der Waals surface area contributed by atoms with Crippen molar-refractivity contribution in [3.8, 4) is 11.8 Å². The lowest BCUT2D eigenvalue weighted by Gasteiger charge is -2.33. The number of methoxy groups -OCH3 is 1. The second-order valence-corrected chi connectivity index (χ2v) is 6.47. The van der Waals surface area contributed by atoms with Gasteiger partial charge in [0.2, 0.25) is 0 Å². The first kappa shape index (κ1) is 14.1. The Kier molecular flexibility index (Phi) is 3.96. The molecule has 108 valence electrons. The van der Waals surface area contributed by atoms with Crippen molar-refractivity contribution in [1.29, 1.82) is 5.26 Å². The minimum atomic E-state index is -0.469. The van der Waals surface area contributed by atoms with Gasteiger partial charge in [-0.2, -0.15) is 5.26 Å². The zero-order chi connectivity index (χ0) is 14.7. The third-order valence-electron chi connectivity index (χ3n) is 4.12. The van der Waals surface area contributed by atoms with Crippen molar-refractivity contribution in [3.63, 3.8) is 0 Å². The largest absolute Gasteiger partial charge is 0.497 e. The summed E-state index contributed by atoms with van der Waals surface area (Å²) in [6.45, 7) is 0.754. The second kappa shape index (κ2) is 5.88. The molecule has 0 saturated carbocycles. The highest BCUT2D eigenvalue weighted by Gasteiger charge is 2.34. The van der Waals surface area contributed by atoms with E-state index >= 15 is 0 Å². The number of nitrogens with zero attached hydrogens (tertiary/aromatic N) is 1. The molecule has 3 rings (SSSR count). The van der Waals surface area contributed by atoms with Gasteiger partial charge < -0.3 is 4.74 Å². The summed E-state index contributed by atoms with van der Waals surface area (Å²) in [6, 6.07) is 12.8. The van der Waals surface area contributed by atoms with Gasteiger partial charge in [-0.15, -0.1) is 11.3 Å². The summed E-state index contributed by atoms with van der Waals surface area (Å²) in [5, 5.41) is 15.2. The fourth-order valence-corrected chi connectivity index (χ4v) is 3.50. The molecule has 1 aliphatic carbocycles. The SMILES string of the molecule is COc1ccc2c(c1)CC(C#N)(NCc1cccs1)CC2. The van der Waals surface area contributed by atoms with Gasteiger partial charge in [-0.3, -0.25) is 5.32 Å². The van der Waals surface area contributed by atoms with Crippen molar-refractivity contribution in [3.05, 3.63) is 51.7 Å². The lowest BCUT2D eigenvalue weighted by Crippen LogP contribution is -2.47. The van der Waals surface area contributed by atoms with E-state index in [0.29, 0.717) is 0 Å². The maximum absolute atomic E-state index is 9.68. The monoisotopic (exact) mass is 298 g/mol.